The monoisotopic (exact) mass is 399 g/mol. The lowest BCUT2D eigenvalue weighted by Gasteiger charge is -2.27. The zero-order chi connectivity index (χ0) is 20.8. The third-order valence-electron chi connectivity index (χ3n) is 4.55. The van der Waals surface area contributed by atoms with Crippen molar-refractivity contribution in [3.05, 3.63) is 65.5 Å². The Labute approximate surface area is 168 Å². The summed E-state index contributed by atoms with van der Waals surface area (Å²) in [6.45, 7) is 2.66. The van der Waals surface area contributed by atoms with Crippen molar-refractivity contribution in [2.24, 2.45) is 0 Å². The summed E-state index contributed by atoms with van der Waals surface area (Å²) in [5.41, 5.74) is 2.48. The van der Waals surface area contributed by atoms with E-state index in [-0.39, 0.29) is 17.5 Å². The molecule has 29 heavy (non-hydrogen) atoms. The Bertz CT molecular complexity index is 923. The highest BCUT2D eigenvalue weighted by Gasteiger charge is 2.21. The minimum absolute atomic E-state index is 0.148. The van der Waals surface area contributed by atoms with Crippen LogP contribution >= 0.6 is 0 Å². The maximum atomic E-state index is 13.1. The fourth-order valence-corrected chi connectivity index (χ4v) is 3.13. The minimum atomic E-state index is -1.09. The van der Waals surface area contributed by atoms with Crippen LogP contribution in [0.5, 0.6) is 11.5 Å². The van der Waals surface area contributed by atoms with E-state index in [2.05, 4.69) is 0 Å². The quantitative estimate of drug-likeness (QED) is 0.770. The molecule has 0 unspecified atom stereocenters. The number of rotatable bonds is 7. The number of carbonyl (C=O) groups excluding carboxylic acids is 1. The van der Waals surface area contributed by atoms with Gasteiger partial charge < -0.3 is 19.5 Å². The number of carbonyl (C=O) groups is 2. The fraction of sp³-hybridized carbons (Fsp3) is 0.273. The Balaban J connectivity index is 1.72. The summed E-state index contributed by atoms with van der Waals surface area (Å²) in [5.74, 6) is -0.903. The Kier molecular flexibility index (Phi) is 6.49. The molecule has 1 aliphatic rings. The van der Waals surface area contributed by atoms with E-state index in [9.17, 15) is 14.0 Å². The van der Waals surface area contributed by atoms with Crippen molar-refractivity contribution in [3.63, 3.8) is 0 Å². The average molecular weight is 399 g/mol. The molecule has 0 aliphatic carbocycles. The molecule has 0 atom stereocenters. The summed E-state index contributed by atoms with van der Waals surface area (Å²) in [6, 6.07) is 11.0. The molecule has 0 fully saturated rings. The molecule has 0 aromatic heterocycles. The van der Waals surface area contributed by atoms with Crippen molar-refractivity contribution in [1.29, 1.82) is 0 Å². The zero-order valence-electron chi connectivity index (χ0n) is 16.1. The smallest absolute Gasteiger partial charge is 0.341 e. The maximum Gasteiger partial charge on any atom is 0.341 e. The Hall–Kier alpha value is -3.35. The molecule has 1 amide bonds. The molecule has 0 saturated carbocycles. The third-order valence-corrected chi connectivity index (χ3v) is 4.55. The number of carboxylic acid groups (broad SMARTS) is 1. The molecule has 0 radical (unpaired) electrons. The molecule has 0 bridgehead atoms. The van der Waals surface area contributed by atoms with Gasteiger partial charge in [0.15, 0.2) is 18.1 Å². The summed E-state index contributed by atoms with van der Waals surface area (Å²) in [7, 11) is 0. The first-order valence-corrected chi connectivity index (χ1v) is 9.33. The maximum absolute atomic E-state index is 13.1. The second kappa shape index (κ2) is 9.23. The molecule has 1 aliphatic heterocycles. The van der Waals surface area contributed by atoms with E-state index in [1.54, 1.807) is 42.2 Å². The van der Waals surface area contributed by atoms with Gasteiger partial charge in [-0.1, -0.05) is 18.2 Å². The van der Waals surface area contributed by atoms with Crippen LogP contribution in [-0.4, -0.2) is 48.2 Å². The standard InChI is InChI=1S/C22H22FNO5/c1-2-28-20-13-17(5-8-19(20)29-14-21(25)26)22(27)24-11-9-16(10-12-24)15-3-6-18(23)7-4-15/h3-9,13H,2,10-12,14H2,1H3,(H,25,26). The van der Waals surface area contributed by atoms with Crippen molar-refractivity contribution in [1.82, 2.24) is 4.90 Å². The summed E-state index contributed by atoms with van der Waals surface area (Å²) in [6.07, 6.45) is 2.65. The molecule has 152 valence electrons. The van der Waals surface area contributed by atoms with Crippen LogP contribution in [0.3, 0.4) is 0 Å². The van der Waals surface area contributed by atoms with Crippen LogP contribution in [0, 0.1) is 5.82 Å². The van der Waals surface area contributed by atoms with Crippen molar-refractivity contribution < 1.29 is 28.6 Å². The predicted octanol–water partition coefficient (Wildman–Crippen LogP) is 3.62. The van der Waals surface area contributed by atoms with Gasteiger partial charge in [-0.3, -0.25) is 4.79 Å². The molecule has 0 saturated heterocycles. The van der Waals surface area contributed by atoms with Gasteiger partial charge in [0.2, 0.25) is 0 Å². The number of hydrogen-bond donors (Lipinski definition) is 1. The predicted molar refractivity (Wildman–Crippen MR) is 106 cm³/mol. The van der Waals surface area contributed by atoms with Crippen LogP contribution in [0.2, 0.25) is 0 Å². The Morgan fingerprint density at radius 1 is 1.10 bits per heavy atom. The fourth-order valence-electron chi connectivity index (χ4n) is 3.13. The highest BCUT2D eigenvalue weighted by molar-refractivity contribution is 5.95. The van der Waals surface area contributed by atoms with E-state index < -0.39 is 12.6 Å². The van der Waals surface area contributed by atoms with Gasteiger partial charge in [-0.05, 0) is 54.8 Å². The van der Waals surface area contributed by atoms with E-state index in [4.69, 9.17) is 14.6 Å². The zero-order valence-corrected chi connectivity index (χ0v) is 16.1. The third kappa shape index (κ3) is 5.13. The van der Waals surface area contributed by atoms with Crippen LogP contribution < -0.4 is 9.47 Å². The van der Waals surface area contributed by atoms with E-state index in [0.29, 0.717) is 37.4 Å². The summed E-state index contributed by atoms with van der Waals surface area (Å²) in [4.78, 5) is 25.3. The number of amides is 1. The van der Waals surface area contributed by atoms with E-state index >= 15 is 0 Å². The topological polar surface area (TPSA) is 76.1 Å². The van der Waals surface area contributed by atoms with Gasteiger partial charge in [0, 0.05) is 18.7 Å². The number of hydrogen-bond acceptors (Lipinski definition) is 4. The number of halogens is 1. The lowest BCUT2D eigenvalue weighted by atomic mass is 9.99. The summed E-state index contributed by atoms with van der Waals surface area (Å²) >= 11 is 0. The number of benzene rings is 2. The number of nitrogens with zero attached hydrogens (tertiary/aromatic N) is 1. The van der Waals surface area contributed by atoms with Gasteiger partial charge in [-0.15, -0.1) is 0 Å². The lowest BCUT2D eigenvalue weighted by Crippen LogP contribution is -2.34. The molecule has 0 spiro atoms. The molecule has 1 N–H and O–H groups in total. The van der Waals surface area contributed by atoms with Gasteiger partial charge in [-0.2, -0.15) is 0 Å². The average Bonchev–Trinajstić information content (AvgIpc) is 2.73. The highest BCUT2D eigenvalue weighted by Crippen LogP contribution is 2.30. The molecule has 7 heteroatoms. The molecule has 2 aromatic rings. The normalized spacial score (nSPS) is 13.6. The van der Waals surface area contributed by atoms with Gasteiger partial charge >= 0.3 is 5.97 Å². The highest BCUT2D eigenvalue weighted by atomic mass is 19.1. The van der Waals surface area contributed by atoms with Crippen molar-refractivity contribution >= 4 is 17.4 Å². The van der Waals surface area contributed by atoms with E-state index in [1.165, 1.54) is 12.1 Å². The number of carboxylic acids is 1. The first-order valence-electron chi connectivity index (χ1n) is 9.33. The largest absolute Gasteiger partial charge is 0.490 e. The second-order valence-corrected chi connectivity index (χ2v) is 6.51. The first kappa shape index (κ1) is 20.4. The van der Waals surface area contributed by atoms with Gasteiger partial charge in [-0.25, -0.2) is 9.18 Å². The molecular formula is C22H22FNO5. The van der Waals surface area contributed by atoms with Gasteiger partial charge in [0.25, 0.3) is 5.91 Å². The van der Waals surface area contributed by atoms with E-state index in [0.717, 1.165) is 11.1 Å². The van der Waals surface area contributed by atoms with Crippen LogP contribution in [0.25, 0.3) is 5.57 Å². The molecule has 6 nitrogen and oxygen atoms in total. The lowest BCUT2D eigenvalue weighted by molar-refractivity contribution is -0.139. The van der Waals surface area contributed by atoms with Crippen molar-refractivity contribution in [2.75, 3.05) is 26.3 Å². The molecular weight excluding hydrogens is 377 g/mol. The SMILES string of the molecule is CCOc1cc(C(=O)N2CC=C(c3ccc(F)cc3)CC2)ccc1OCC(=O)O. The van der Waals surface area contributed by atoms with Crippen molar-refractivity contribution in [2.45, 2.75) is 13.3 Å². The van der Waals surface area contributed by atoms with Gasteiger partial charge in [0.05, 0.1) is 6.61 Å². The summed E-state index contributed by atoms with van der Waals surface area (Å²) < 4.78 is 23.8. The van der Waals surface area contributed by atoms with Crippen LogP contribution in [0.15, 0.2) is 48.5 Å². The van der Waals surface area contributed by atoms with E-state index in [1.807, 2.05) is 6.08 Å². The molecule has 3 rings (SSSR count). The van der Waals surface area contributed by atoms with Crippen LogP contribution in [0.1, 0.15) is 29.3 Å². The first-order chi connectivity index (χ1) is 14.0. The molecule has 2 aromatic carbocycles. The minimum Gasteiger partial charge on any atom is -0.490 e. The number of aliphatic carboxylic acids is 1. The summed E-state index contributed by atoms with van der Waals surface area (Å²) in [5, 5.41) is 8.78. The Morgan fingerprint density at radius 3 is 2.48 bits per heavy atom. The van der Waals surface area contributed by atoms with Gasteiger partial charge in [0.1, 0.15) is 5.82 Å². The van der Waals surface area contributed by atoms with Crippen molar-refractivity contribution in [3.8, 4) is 11.5 Å². The molecule has 1 heterocycles. The Morgan fingerprint density at radius 2 is 1.86 bits per heavy atom. The second-order valence-electron chi connectivity index (χ2n) is 6.51. The van der Waals surface area contributed by atoms with Crippen LogP contribution in [-0.2, 0) is 4.79 Å². The van der Waals surface area contributed by atoms with Crippen LogP contribution in [0.4, 0.5) is 4.39 Å². The number of ether oxygens (including phenoxy) is 2.